The molecular weight excluding hydrogens is 338 g/mol. The molecule has 0 aliphatic carbocycles. The Balaban J connectivity index is 2.70. The minimum atomic E-state index is -1.09. The average Bonchev–Trinajstić information content (AvgIpc) is 2.44. The third-order valence-corrected chi connectivity index (χ3v) is 3.68. The van der Waals surface area contributed by atoms with Crippen LogP contribution < -0.4 is 5.32 Å². The van der Waals surface area contributed by atoms with Crippen molar-refractivity contribution in [2.75, 3.05) is 13.7 Å². The molecule has 6 heteroatoms. The molecular formula is C15H20BrNO4. The smallest absolute Gasteiger partial charge is 0.328 e. The summed E-state index contributed by atoms with van der Waals surface area (Å²) in [6.07, 6.45) is 1.21. The highest BCUT2D eigenvalue weighted by Gasteiger charge is 2.24. The highest BCUT2D eigenvalue weighted by Crippen LogP contribution is 2.17. The van der Waals surface area contributed by atoms with E-state index in [2.05, 4.69) is 21.2 Å². The van der Waals surface area contributed by atoms with Crippen LogP contribution in [0.2, 0.25) is 0 Å². The van der Waals surface area contributed by atoms with E-state index in [1.807, 2.05) is 31.2 Å². The molecule has 2 unspecified atom stereocenters. The zero-order valence-electron chi connectivity index (χ0n) is 12.1. The van der Waals surface area contributed by atoms with Crippen LogP contribution in [0.1, 0.15) is 18.9 Å². The highest BCUT2D eigenvalue weighted by atomic mass is 79.9. The molecule has 1 amide bonds. The molecule has 5 nitrogen and oxygen atoms in total. The Morgan fingerprint density at radius 3 is 2.67 bits per heavy atom. The second kappa shape index (κ2) is 8.79. The molecule has 0 heterocycles. The van der Waals surface area contributed by atoms with Crippen molar-refractivity contribution in [2.24, 2.45) is 5.92 Å². The Kier molecular flexibility index (Phi) is 7.39. The number of carboxylic acid groups (broad SMARTS) is 1. The first-order valence-corrected chi connectivity index (χ1v) is 7.53. The standard InChI is InChI=1S/C15H20BrNO4/c1-3-11(7-10-5-4-6-12(16)8-10)14(18)17-13(9-21-2)15(19)20/h4-6,8,11,13H,3,7,9H2,1-2H3,(H,17,18)(H,19,20). The maximum Gasteiger partial charge on any atom is 0.328 e. The molecule has 0 aliphatic heterocycles. The van der Waals surface area contributed by atoms with Crippen molar-refractivity contribution < 1.29 is 19.4 Å². The predicted molar refractivity (Wildman–Crippen MR) is 83.1 cm³/mol. The number of benzene rings is 1. The van der Waals surface area contributed by atoms with Crippen LogP contribution in [0, 0.1) is 5.92 Å². The molecule has 1 aromatic carbocycles. The van der Waals surface area contributed by atoms with Gasteiger partial charge in [-0.25, -0.2) is 4.79 Å². The minimum absolute atomic E-state index is 0.0472. The molecule has 0 radical (unpaired) electrons. The molecule has 0 aromatic heterocycles. The number of ether oxygens (including phenoxy) is 1. The summed E-state index contributed by atoms with van der Waals surface area (Å²) < 4.78 is 5.77. The van der Waals surface area contributed by atoms with Gasteiger partial charge in [-0.2, -0.15) is 0 Å². The Morgan fingerprint density at radius 2 is 2.14 bits per heavy atom. The molecule has 0 aliphatic rings. The predicted octanol–water partition coefficient (Wildman–Crippen LogP) is 2.23. The molecule has 2 N–H and O–H groups in total. The van der Waals surface area contributed by atoms with E-state index >= 15 is 0 Å². The minimum Gasteiger partial charge on any atom is -0.480 e. The number of halogens is 1. The quantitative estimate of drug-likeness (QED) is 0.747. The van der Waals surface area contributed by atoms with Crippen LogP contribution in [0.15, 0.2) is 28.7 Å². The number of aliphatic carboxylic acids is 1. The Hall–Kier alpha value is -1.40. The third kappa shape index (κ3) is 5.85. The van der Waals surface area contributed by atoms with E-state index in [1.54, 1.807) is 0 Å². The number of nitrogens with one attached hydrogen (secondary N) is 1. The van der Waals surface area contributed by atoms with Crippen molar-refractivity contribution in [3.63, 3.8) is 0 Å². The van der Waals surface area contributed by atoms with Gasteiger partial charge in [-0.1, -0.05) is 35.0 Å². The molecule has 0 spiro atoms. The van der Waals surface area contributed by atoms with Crippen LogP contribution in [0.5, 0.6) is 0 Å². The molecule has 0 fully saturated rings. The lowest BCUT2D eigenvalue weighted by Crippen LogP contribution is -2.46. The number of amides is 1. The fourth-order valence-electron chi connectivity index (χ4n) is 2.00. The maximum absolute atomic E-state index is 12.2. The molecule has 116 valence electrons. The third-order valence-electron chi connectivity index (χ3n) is 3.18. The summed E-state index contributed by atoms with van der Waals surface area (Å²) in [5.41, 5.74) is 1.03. The lowest BCUT2D eigenvalue weighted by molar-refractivity contribution is -0.144. The monoisotopic (exact) mass is 357 g/mol. The molecule has 0 saturated heterocycles. The van der Waals surface area contributed by atoms with Gasteiger partial charge in [0.2, 0.25) is 5.91 Å². The molecule has 0 bridgehead atoms. The van der Waals surface area contributed by atoms with Gasteiger partial charge in [0.25, 0.3) is 0 Å². The van der Waals surface area contributed by atoms with E-state index in [-0.39, 0.29) is 18.4 Å². The number of rotatable bonds is 8. The summed E-state index contributed by atoms with van der Waals surface area (Å²) in [5.74, 6) is -1.62. The maximum atomic E-state index is 12.2. The number of carboxylic acids is 1. The van der Waals surface area contributed by atoms with Crippen LogP contribution in [0.3, 0.4) is 0 Å². The molecule has 2 atom stereocenters. The van der Waals surface area contributed by atoms with Crippen molar-refractivity contribution in [3.8, 4) is 0 Å². The number of carbonyl (C=O) groups excluding carboxylic acids is 1. The van der Waals surface area contributed by atoms with E-state index in [9.17, 15) is 9.59 Å². The number of carbonyl (C=O) groups is 2. The van der Waals surface area contributed by atoms with Crippen molar-refractivity contribution in [1.29, 1.82) is 0 Å². The first-order chi connectivity index (χ1) is 9.97. The second-order valence-corrected chi connectivity index (χ2v) is 5.71. The van der Waals surface area contributed by atoms with E-state index in [0.717, 1.165) is 10.0 Å². The van der Waals surface area contributed by atoms with Gasteiger partial charge < -0.3 is 15.2 Å². The molecule has 0 saturated carbocycles. The highest BCUT2D eigenvalue weighted by molar-refractivity contribution is 9.10. The van der Waals surface area contributed by atoms with Gasteiger partial charge >= 0.3 is 5.97 Å². The van der Waals surface area contributed by atoms with Crippen LogP contribution in [0.25, 0.3) is 0 Å². The zero-order valence-corrected chi connectivity index (χ0v) is 13.7. The lowest BCUT2D eigenvalue weighted by atomic mass is 9.96. The summed E-state index contributed by atoms with van der Waals surface area (Å²) in [6, 6.07) is 6.72. The first-order valence-electron chi connectivity index (χ1n) is 6.74. The Morgan fingerprint density at radius 1 is 1.43 bits per heavy atom. The largest absolute Gasteiger partial charge is 0.480 e. The SMILES string of the molecule is CCC(Cc1cccc(Br)c1)C(=O)NC(COC)C(=O)O. The van der Waals surface area contributed by atoms with Gasteiger partial charge in [0.15, 0.2) is 6.04 Å². The topological polar surface area (TPSA) is 75.6 Å². The second-order valence-electron chi connectivity index (χ2n) is 4.79. The van der Waals surface area contributed by atoms with Gasteiger partial charge in [0, 0.05) is 17.5 Å². The Bertz CT molecular complexity index is 492. The summed E-state index contributed by atoms with van der Waals surface area (Å²) in [7, 11) is 1.40. The summed E-state index contributed by atoms with van der Waals surface area (Å²) >= 11 is 3.40. The van der Waals surface area contributed by atoms with E-state index < -0.39 is 12.0 Å². The van der Waals surface area contributed by atoms with E-state index in [4.69, 9.17) is 9.84 Å². The van der Waals surface area contributed by atoms with Crippen molar-refractivity contribution in [2.45, 2.75) is 25.8 Å². The fraction of sp³-hybridized carbons (Fsp3) is 0.467. The van der Waals surface area contributed by atoms with Crippen LogP contribution in [-0.4, -0.2) is 36.7 Å². The van der Waals surface area contributed by atoms with E-state index in [1.165, 1.54) is 7.11 Å². The van der Waals surface area contributed by atoms with E-state index in [0.29, 0.717) is 12.8 Å². The summed E-state index contributed by atoms with van der Waals surface area (Å²) in [4.78, 5) is 23.2. The number of hydrogen-bond donors (Lipinski definition) is 2. The van der Waals surface area contributed by atoms with Gasteiger partial charge in [0.1, 0.15) is 0 Å². The van der Waals surface area contributed by atoms with Crippen molar-refractivity contribution in [3.05, 3.63) is 34.3 Å². The Labute approximate surface area is 132 Å². The van der Waals surface area contributed by atoms with Gasteiger partial charge in [-0.15, -0.1) is 0 Å². The number of methoxy groups -OCH3 is 1. The van der Waals surface area contributed by atoms with Gasteiger partial charge in [-0.3, -0.25) is 4.79 Å². The molecule has 1 rings (SSSR count). The van der Waals surface area contributed by atoms with Gasteiger partial charge in [0.05, 0.1) is 6.61 Å². The molecule has 1 aromatic rings. The van der Waals surface area contributed by atoms with Crippen molar-refractivity contribution in [1.82, 2.24) is 5.32 Å². The van der Waals surface area contributed by atoms with Gasteiger partial charge in [-0.05, 0) is 30.5 Å². The zero-order chi connectivity index (χ0) is 15.8. The first kappa shape index (κ1) is 17.7. The van der Waals surface area contributed by atoms with Crippen LogP contribution >= 0.6 is 15.9 Å². The average molecular weight is 358 g/mol. The summed E-state index contributed by atoms with van der Waals surface area (Å²) in [6.45, 7) is 1.86. The van der Waals surface area contributed by atoms with Crippen LogP contribution in [-0.2, 0) is 20.7 Å². The molecule has 21 heavy (non-hydrogen) atoms. The number of hydrogen-bond acceptors (Lipinski definition) is 3. The fourth-order valence-corrected chi connectivity index (χ4v) is 2.45. The normalized spacial score (nSPS) is 13.5. The van der Waals surface area contributed by atoms with Crippen LogP contribution in [0.4, 0.5) is 0 Å². The lowest BCUT2D eigenvalue weighted by Gasteiger charge is -2.19. The van der Waals surface area contributed by atoms with Crippen molar-refractivity contribution >= 4 is 27.8 Å². The summed E-state index contributed by atoms with van der Waals surface area (Å²) in [5, 5.41) is 11.6.